The SMILES string of the molecule is CSc1ccccc1C(=O)Cc1csc(C)n1. The van der Waals surface area contributed by atoms with Gasteiger partial charge < -0.3 is 0 Å². The van der Waals surface area contributed by atoms with Crippen LogP contribution in [0.5, 0.6) is 0 Å². The van der Waals surface area contributed by atoms with Crippen LogP contribution in [0.4, 0.5) is 0 Å². The second-order valence-electron chi connectivity index (χ2n) is 3.66. The van der Waals surface area contributed by atoms with Crippen molar-refractivity contribution in [1.29, 1.82) is 0 Å². The largest absolute Gasteiger partial charge is 0.294 e. The maximum atomic E-state index is 12.2. The van der Waals surface area contributed by atoms with E-state index in [1.807, 2.05) is 42.8 Å². The number of hydrogen-bond donors (Lipinski definition) is 0. The average Bonchev–Trinajstić information content (AvgIpc) is 2.74. The molecule has 0 aliphatic heterocycles. The van der Waals surface area contributed by atoms with E-state index in [1.54, 1.807) is 23.1 Å². The van der Waals surface area contributed by atoms with E-state index in [2.05, 4.69) is 4.98 Å². The van der Waals surface area contributed by atoms with Gasteiger partial charge in [-0.05, 0) is 19.2 Å². The summed E-state index contributed by atoms with van der Waals surface area (Å²) in [6.07, 6.45) is 2.38. The number of ketones is 1. The molecular weight excluding hydrogens is 250 g/mol. The zero-order valence-corrected chi connectivity index (χ0v) is 11.4. The van der Waals surface area contributed by atoms with Gasteiger partial charge in [-0.2, -0.15) is 0 Å². The summed E-state index contributed by atoms with van der Waals surface area (Å²) in [5.41, 5.74) is 1.67. The number of nitrogens with zero attached hydrogens (tertiary/aromatic N) is 1. The highest BCUT2D eigenvalue weighted by Crippen LogP contribution is 2.21. The molecule has 0 N–H and O–H groups in total. The molecule has 1 aromatic heterocycles. The van der Waals surface area contributed by atoms with Gasteiger partial charge in [0, 0.05) is 15.8 Å². The molecule has 4 heteroatoms. The number of Topliss-reactive ketones (excluding diaryl/α,β-unsaturated/α-hetero) is 1. The highest BCUT2D eigenvalue weighted by atomic mass is 32.2. The molecule has 0 atom stereocenters. The molecule has 0 fully saturated rings. The molecule has 1 heterocycles. The summed E-state index contributed by atoms with van der Waals surface area (Å²) in [6.45, 7) is 1.95. The van der Waals surface area contributed by atoms with Crippen molar-refractivity contribution in [3.63, 3.8) is 0 Å². The third-order valence-corrected chi connectivity index (χ3v) is 4.03. The lowest BCUT2D eigenvalue weighted by Gasteiger charge is -2.04. The molecule has 0 aliphatic carbocycles. The number of aromatic nitrogens is 1. The molecule has 0 saturated heterocycles. The van der Waals surface area contributed by atoms with Gasteiger partial charge in [-0.3, -0.25) is 4.79 Å². The fourth-order valence-electron chi connectivity index (χ4n) is 1.62. The zero-order chi connectivity index (χ0) is 12.3. The van der Waals surface area contributed by atoms with E-state index in [0.29, 0.717) is 6.42 Å². The molecule has 17 heavy (non-hydrogen) atoms. The van der Waals surface area contributed by atoms with Gasteiger partial charge in [0.15, 0.2) is 5.78 Å². The van der Waals surface area contributed by atoms with Crippen molar-refractivity contribution < 1.29 is 4.79 Å². The second-order valence-corrected chi connectivity index (χ2v) is 5.57. The van der Waals surface area contributed by atoms with Gasteiger partial charge in [-0.1, -0.05) is 18.2 Å². The minimum atomic E-state index is 0.139. The number of aryl methyl sites for hydroxylation is 1. The van der Waals surface area contributed by atoms with Crippen LogP contribution in [0.25, 0.3) is 0 Å². The maximum absolute atomic E-state index is 12.2. The molecule has 2 aromatic rings. The lowest BCUT2D eigenvalue weighted by molar-refractivity contribution is 0.0989. The van der Waals surface area contributed by atoms with Crippen LogP contribution in [-0.4, -0.2) is 17.0 Å². The first-order valence-corrected chi connectivity index (χ1v) is 7.38. The molecule has 1 aromatic carbocycles. The summed E-state index contributed by atoms with van der Waals surface area (Å²) < 4.78 is 0. The van der Waals surface area contributed by atoms with Crippen molar-refractivity contribution in [3.05, 3.63) is 45.9 Å². The molecular formula is C13H13NOS2. The van der Waals surface area contributed by atoms with Crippen LogP contribution >= 0.6 is 23.1 Å². The molecule has 0 amide bonds. The van der Waals surface area contributed by atoms with E-state index >= 15 is 0 Å². The highest BCUT2D eigenvalue weighted by Gasteiger charge is 2.12. The van der Waals surface area contributed by atoms with Crippen LogP contribution in [0.3, 0.4) is 0 Å². The number of thioether (sulfide) groups is 1. The van der Waals surface area contributed by atoms with Crippen LogP contribution in [0.15, 0.2) is 34.5 Å². The van der Waals surface area contributed by atoms with E-state index in [0.717, 1.165) is 21.2 Å². The molecule has 0 radical (unpaired) electrons. The average molecular weight is 263 g/mol. The summed E-state index contributed by atoms with van der Waals surface area (Å²) in [4.78, 5) is 17.5. The fourth-order valence-corrected chi connectivity index (χ4v) is 2.85. The Morgan fingerprint density at radius 3 is 2.82 bits per heavy atom. The summed E-state index contributed by atoms with van der Waals surface area (Å²) in [6, 6.07) is 7.71. The fraction of sp³-hybridized carbons (Fsp3) is 0.231. The predicted octanol–water partition coefficient (Wildman–Crippen LogP) is 3.60. The van der Waals surface area contributed by atoms with Crippen molar-refractivity contribution in [2.45, 2.75) is 18.2 Å². The summed E-state index contributed by atoms with van der Waals surface area (Å²) in [5.74, 6) is 0.139. The minimum Gasteiger partial charge on any atom is -0.294 e. The van der Waals surface area contributed by atoms with Crippen molar-refractivity contribution in [3.8, 4) is 0 Å². The van der Waals surface area contributed by atoms with Gasteiger partial charge in [0.2, 0.25) is 0 Å². The van der Waals surface area contributed by atoms with Gasteiger partial charge in [0.05, 0.1) is 17.1 Å². The minimum absolute atomic E-state index is 0.139. The Bertz CT molecular complexity index is 534. The second kappa shape index (κ2) is 5.47. The lowest BCUT2D eigenvalue weighted by Crippen LogP contribution is -2.05. The van der Waals surface area contributed by atoms with Gasteiger partial charge in [-0.15, -0.1) is 23.1 Å². The summed E-state index contributed by atoms with van der Waals surface area (Å²) in [5, 5.41) is 2.96. The Hall–Kier alpha value is -1.13. The molecule has 0 bridgehead atoms. The zero-order valence-electron chi connectivity index (χ0n) is 9.77. The van der Waals surface area contributed by atoms with E-state index in [9.17, 15) is 4.79 Å². The Balaban J connectivity index is 2.20. The van der Waals surface area contributed by atoms with Crippen LogP contribution in [0, 0.1) is 6.92 Å². The molecule has 88 valence electrons. The number of carbonyl (C=O) groups excluding carboxylic acids is 1. The van der Waals surface area contributed by atoms with Crippen LogP contribution < -0.4 is 0 Å². The van der Waals surface area contributed by atoms with Crippen molar-refractivity contribution >= 4 is 28.9 Å². The Kier molecular flexibility index (Phi) is 3.97. The first-order valence-electron chi connectivity index (χ1n) is 5.28. The Labute approximate surface area is 109 Å². The maximum Gasteiger partial charge on any atom is 0.169 e. The standard InChI is InChI=1S/C13H13NOS2/c1-9-14-10(8-17-9)7-12(15)11-5-3-4-6-13(11)16-2/h3-6,8H,7H2,1-2H3. The third-order valence-electron chi connectivity index (χ3n) is 2.42. The monoisotopic (exact) mass is 263 g/mol. The normalized spacial score (nSPS) is 10.5. The van der Waals surface area contributed by atoms with Crippen molar-refractivity contribution in [2.75, 3.05) is 6.26 Å². The Morgan fingerprint density at radius 2 is 2.18 bits per heavy atom. The quantitative estimate of drug-likeness (QED) is 0.623. The number of thiazole rings is 1. The molecule has 2 nitrogen and oxygen atoms in total. The molecule has 2 rings (SSSR count). The van der Waals surface area contributed by atoms with Gasteiger partial charge in [-0.25, -0.2) is 4.98 Å². The number of rotatable bonds is 4. The van der Waals surface area contributed by atoms with E-state index in [4.69, 9.17) is 0 Å². The van der Waals surface area contributed by atoms with Crippen molar-refractivity contribution in [2.24, 2.45) is 0 Å². The highest BCUT2D eigenvalue weighted by molar-refractivity contribution is 7.98. The van der Waals surface area contributed by atoms with Crippen LogP contribution in [-0.2, 0) is 6.42 Å². The first kappa shape index (κ1) is 12.3. The van der Waals surface area contributed by atoms with E-state index in [1.165, 1.54) is 0 Å². The smallest absolute Gasteiger partial charge is 0.169 e. The molecule has 0 spiro atoms. The van der Waals surface area contributed by atoms with Gasteiger partial charge in [0.1, 0.15) is 0 Å². The molecule has 0 unspecified atom stereocenters. The Morgan fingerprint density at radius 1 is 1.41 bits per heavy atom. The van der Waals surface area contributed by atoms with Gasteiger partial charge in [0.25, 0.3) is 0 Å². The lowest BCUT2D eigenvalue weighted by atomic mass is 10.1. The number of carbonyl (C=O) groups is 1. The number of hydrogen-bond acceptors (Lipinski definition) is 4. The molecule has 0 saturated carbocycles. The van der Waals surface area contributed by atoms with Crippen LogP contribution in [0.1, 0.15) is 21.1 Å². The topological polar surface area (TPSA) is 30.0 Å². The van der Waals surface area contributed by atoms with Crippen molar-refractivity contribution in [1.82, 2.24) is 4.98 Å². The van der Waals surface area contributed by atoms with Gasteiger partial charge >= 0.3 is 0 Å². The first-order chi connectivity index (χ1) is 8.20. The van der Waals surface area contributed by atoms with E-state index < -0.39 is 0 Å². The summed E-state index contributed by atoms with van der Waals surface area (Å²) >= 11 is 3.18. The third kappa shape index (κ3) is 2.96. The summed E-state index contributed by atoms with van der Waals surface area (Å²) in [7, 11) is 0. The van der Waals surface area contributed by atoms with E-state index in [-0.39, 0.29) is 5.78 Å². The van der Waals surface area contributed by atoms with Crippen LogP contribution in [0.2, 0.25) is 0 Å². The predicted molar refractivity (Wildman–Crippen MR) is 73.1 cm³/mol. The molecule has 0 aliphatic rings. The number of benzene rings is 1.